The molecule has 0 aromatic rings. The molecule has 138 valence electrons. The highest BCUT2D eigenvalue weighted by molar-refractivity contribution is 7.90. The van der Waals surface area contributed by atoms with E-state index >= 15 is 0 Å². The topological polar surface area (TPSA) is 74.7 Å². The number of aliphatic hydroxyl groups is 1. The molecule has 0 aromatic heterocycles. The zero-order valence-corrected chi connectivity index (χ0v) is 16.3. The van der Waals surface area contributed by atoms with E-state index < -0.39 is 28.0 Å². The van der Waals surface area contributed by atoms with Gasteiger partial charge in [0.05, 0.1) is 23.8 Å². The molecular formula is C18H31NO4S. The van der Waals surface area contributed by atoms with Crippen molar-refractivity contribution in [1.82, 2.24) is 4.31 Å². The molecule has 2 bridgehead atoms. The molecule has 0 aromatic carbocycles. The Kier molecular flexibility index (Phi) is 4.12. The average molecular weight is 358 g/mol. The van der Waals surface area contributed by atoms with Gasteiger partial charge in [-0.3, -0.25) is 4.79 Å². The molecule has 1 spiro atoms. The molecule has 1 saturated heterocycles. The van der Waals surface area contributed by atoms with Gasteiger partial charge >= 0.3 is 0 Å². The van der Waals surface area contributed by atoms with Crippen LogP contribution < -0.4 is 0 Å². The Morgan fingerprint density at radius 1 is 1.29 bits per heavy atom. The second kappa shape index (κ2) is 5.44. The molecule has 3 rings (SSSR count). The summed E-state index contributed by atoms with van der Waals surface area (Å²) in [5.41, 5.74) is -0.339. The van der Waals surface area contributed by atoms with Gasteiger partial charge in [0.1, 0.15) is 0 Å². The molecule has 1 amide bonds. The lowest BCUT2D eigenvalue weighted by molar-refractivity contribution is -0.136. The van der Waals surface area contributed by atoms with Crippen LogP contribution in [-0.2, 0) is 14.8 Å². The van der Waals surface area contributed by atoms with Gasteiger partial charge in [0.15, 0.2) is 0 Å². The highest BCUT2D eigenvalue weighted by Crippen LogP contribution is 2.70. The van der Waals surface area contributed by atoms with Gasteiger partial charge in [0.2, 0.25) is 15.9 Å². The number of fused-ring (bicyclic) bond motifs is 1. The zero-order chi connectivity index (χ0) is 18.1. The fourth-order valence-corrected chi connectivity index (χ4v) is 8.25. The van der Waals surface area contributed by atoms with E-state index in [1.807, 2.05) is 13.8 Å². The first-order valence-electron chi connectivity index (χ1n) is 9.18. The van der Waals surface area contributed by atoms with Crippen molar-refractivity contribution in [2.75, 3.05) is 5.75 Å². The molecule has 3 fully saturated rings. The fraction of sp³-hybridized carbons (Fsp3) is 0.944. The van der Waals surface area contributed by atoms with Crippen LogP contribution in [0.2, 0.25) is 0 Å². The Bertz CT molecular complexity index is 641. The Hall–Kier alpha value is -0.620. The third kappa shape index (κ3) is 2.28. The fourth-order valence-electron chi connectivity index (χ4n) is 5.63. The Labute approximate surface area is 145 Å². The van der Waals surface area contributed by atoms with E-state index in [4.69, 9.17) is 0 Å². The normalized spacial score (nSPS) is 38.4. The monoisotopic (exact) mass is 357 g/mol. The Morgan fingerprint density at radius 3 is 2.46 bits per heavy atom. The van der Waals surface area contributed by atoms with Gasteiger partial charge in [-0.25, -0.2) is 12.7 Å². The van der Waals surface area contributed by atoms with Crippen LogP contribution in [0.4, 0.5) is 0 Å². The third-order valence-electron chi connectivity index (χ3n) is 7.31. The molecule has 1 heterocycles. The van der Waals surface area contributed by atoms with Crippen LogP contribution in [0.5, 0.6) is 0 Å². The van der Waals surface area contributed by atoms with Crippen LogP contribution in [0.3, 0.4) is 0 Å². The minimum absolute atomic E-state index is 0.0421. The van der Waals surface area contributed by atoms with Gasteiger partial charge in [0.25, 0.3) is 0 Å². The van der Waals surface area contributed by atoms with Crippen LogP contribution in [0.15, 0.2) is 0 Å². The summed E-state index contributed by atoms with van der Waals surface area (Å²) in [6.45, 7) is 9.98. The number of carbonyl (C=O) groups excluding carboxylic acids is 1. The highest BCUT2D eigenvalue weighted by Gasteiger charge is 2.72. The second-order valence-electron chi connectivity index (χ2n) is 9.24. The lowest BCUT2D eigenvalue weighted by Gasteiger charge is -2.37. The maximum atomic E-state index is 13.0. The van der Waals surface area contributed by atoms with Crippen molar-refractivity contribution in [3.05, 3.63) is 0 Å². The molecule has 5 nitrogen and oxygen atoms in total. The van der Waals surface area contributed by atoms with Crippen LogP contribution >= 0.6 is 0 Å². The lowest BCUT2D eigenvalue weighted by Crippen LogP contribution is -2.47. The minimum Gasteiger partial charge on any atom is -0.392 e. The first-order valence-corrected chi connectivity index (χ1v) is 10.8. The number of sulfonamides is 1. The van der Waals surface area contributed by atoms with Gasteiger partial charge in [-0.05, 0) is 42.9 Å². The summed E-state index contributed by atoms with van der Waals surface area (Å²) in [5, 5.41) is 10.3. The first kappa shape index (κ1) is 18.2. The molecule has 0 radical (unpaired) electrons. The van der Waals surface area contributed by atoms with Crippen molar-refractivity contribution < 1.29 is 18.3 Å². The highest BCUT2D eigenvalue weighted by atomic mass is 32.2. The number of nitrogens with zero attached hydrogens (tertiary/aromatic N) is 1. The van der Waals surface area contributed by atoms with Crippen molar-refractivity contribution >= 4 is 15.9 Å². The van der Waals surface area contributed by atoms with Crippen molar-refractivity contribution in [3.8, 4) is 0 Å². The summed E-state index contributed by atoms with van der Waals surface area (Å²) in [5.74, 6) is -0.247. The number of hydrogen-bond acceptors (Lipinski definition) is 4. The molecule has 2 saturated carbocycles. The smallest absolute Gasteiger partial charge is 0.241 e. The number of hydrogen-bond donors (Lipinski definition) is 1. The SMILES string of the molecule is CC(C)C[C@H](O)[C@H](C)C(=O)N1[C@@H]2C[C@H]3CC[C@]2(CS1(=O)=O)C3(C)C. The van der Waals surface area contributed by atoms with Crippen LogP contribution in [0.25, 0.3) is 0 Å². The molecule has 6 heteroatoms. The third-order valence-corrected chi connectivity index (χ3v) is 9.22. The van der Waals surface area contributed by atoms with Crippen molar-refractivity contribution in [2.24, 2.45) is 28.6 Å². The maximum absolute atomic E-state index is 13.0. The Morgan fingerprint density at radius 2 is 1.92 bits per heavy atom. The quantitative estimate of drug-likeness (QED) is 0.838. The van der Waals surface area contributed by atoms with Gasteiger partial charge in [0, 0.05) is 5.41 Å². The summed E-state index contributed by atoms with van der Waals surface area (Å²) < 4.78 is 26.9. The van der Waals surface area contributed by atoms with Gasteiger partial charge < -0.3 is 5.11 Å². The standard InChI is InChI=1S/C18H31NO4S/c1-11(2)8-14(20)12(3)16(21)19-15-9-13-6-7-18(15,17(13,4)5)10-24(19,22)23/h11-15,20H,6-10H2,1-5H3/t12-,13+,14-,15+,18+/m0/s1. The van der Waals surface area contributed by atoms with Crippen molar-refractivity contribution in [2.45, 2.75) is 72.4 Å². The van der Waals surface area contributed by atoms with E-state index in [9.17, 15) is 18.3 Å². The summed E-state index contributed by atoms with van der Waals surface area (Å²) in [4.78, 5) is 13.0. The van der Waals surface area contributed by atoms with Crippen LogP contribution in [0.1, 0.15) is 60.3 Å². The molecule has 24 heavy (non-hydrogen) atoms. The molecule has 5 atom stereocenters. The molecule has 0 unspecified atom stereocenters. The molecule has 1 aliphatic heterocycles. The van der Waals surface area contributed by atoms with Gasteiger partial charge in [-0.15, -0.1) is 0 Å². The van der Waals surface area contributed by atoms with E-state index in [2.05, 4.69) is 13.8 Å². The average Bonchev–Trinajstić information content (AvgIpc) is 2.91. The summed E-state index contributed by atoms with van der Waals surface area (Å²) in [6.07, 6.45) is 2.44. The summed E-state index contributed by atoms with van der Waals surface area (Å²) >= 11 is 0. The predicted molar refractivity (Wildman–Crippen MR) is 92.6 cm³/mol. The van der Waals surface area contributed by atoms with E-state index in [1.54, 1.807) is 6.92 Å². The molecular weight excluding hydrogens is 326 g/mol. The molecule has 2 aliphatic carbocycles. The summed E-state index contributed by atoms with van der Waals surface area (Å²) in [6, 6.07) is -0.211. The number of carbonyl (C=O) groups is 1. The largest absolute Gasteiger partial charge is 0.392 e. The second-order valence-corrected chi connectivity index (χ2v) is 11.1. The van der Waals surface area contributed by atoms with Crippen LogP contribution in [0, 0.1) is 28.6 Å². The number of amides is 1. The zero-order valence-electron chi connectivity index (χ0n) is 15.4. The maximum Gasteiger partial charge on any atom is 0.241 e. The minimum atomic E-state index is -3.59. The van der Waals surface area contributed by atoms with Crippen molar-refractivity contribution in [3.63, 3.8) is 0 Å². The molecule has 3 aliphatic rings. The van der Waals surface area contributed by atoms with Gasteiger partial charge in [-0.2, -0.15) is 0 Å². The molecule has 1 N–H and O–H groups in total. The van der Waals surface area contributed by atoms with E-state index in [1.165, 1.54) is 4.31 Å². The van der Waals surface area contributed by atoms with Crippen LogP contribution in [-0.4, -0.2) is 41.6 Å². The number of rotatable bonds is 4. The van der Waals surface area contributed by atoms with E-state index in [0.29, 0.717) is 12.3 Å². The van der Waals surface area contributed by atoms with E-state index in [0.717, 1.165) is 19.3 Å². The summed E-state index contributed by atoms with van der Waals surface area (Å²) in [7, 11) is -3.59. The lowest BCUT2D eigenvalue weighted by atomic mass is 9.69. The van der Waals surface area contributed by atoms with Gasteiger partial charge in [-0.1, -0.05) is 34.6 Å². The Balaban J connectivity index is 1.90. The van der Waals surface area contributed by atoms with E-state index in [-0.39, 0.29) is 28.5 Å². The number of aliphatic hydroxyl groups excluding tert-OH is 1. The first-order chi connectivity index (χ1) is 10.9. The predicted octanol–water partition coefficient (Wildman–Crippen LogP) is 2.40. The van der Waals surface area contributed by atoms with Crippen molar-refractivity contribution in [1.29, 1.82) is 0 Å².